The van der Waals surface area contributed by atoms with Gasteiger partial charge in [0.1, 0.15) is 6.29 Å². The van der Waals surface area contributed by atoms with Gasteiger partial charge in [0.15, 0.2) is 0 Å². The summed E-state index contributed by atoms with van der Waals surface area (Å²) in [5, 5.41) is 0. The van der Waals surface area contributed by atoms with E-state index in [-0.39, 0.29) is 0 Å². The number of carbonyl (C=O) groups is 1. The van der Waals surface area contributed by atoms with Crippen molar-refractivity contribution >= 4 is 6.29 Å². The van der Waals surface area contributed by atoms with Gasteiger partial charge in [-0.15, -0.1) is 0 Å². The highest BCUT2D eigenvalue weighted by Crippen LogP contribution is 2.50. The van der Waals surface area contributed by atoms with Crippen molar-refractivity contribution < 1.29 is 4.79 Å². The number of hydrogen-bond acceptors (Lipinski definition) is 1. The molecule has 0 atom stereocenters. The number of rotatable bonds is 4. The van der Waals surface area contributed by atoms with Crippen LogP contribution in [0.2, 0.25) is 0 Å². The van der Waals surface area contributed by atoms with E-state index in [1.165, 1.54) is 25.7 Å². The van der Waals surface area contributed by atoms with E-state index in [2.05, 4.69) is 0 Å². The highest BCUT2D eigenvalue weighted by atomic mass is 16.1. The minimum absolute atomic E-state index is 0.789. The molecule has 0 aromatic heterocycles. The zero-order valence-corrected chi connectivity index (χ0v) is 6.25. The molecular weight excluding hydrogens is 124 g/mol. The van der Waals surface area contributed by atoms with Crippen LogP contribution in [0.25, 0.3) is 0 Å². The first-order chi connectivity index (χ1) is 4.92. The van der Waals surface area contributed by atoms with E-state index in [9.17, 15) is 4.79 Å². The summed E-state index contributed by atoms with van der Waals surface area (Å²) >= 11 is 0. The fourth-order valence-electron chi connectivity index (χ4n) is 1.93. The first-order valence-corrected chi connectivity index (χ1v) is 4.35. The Kier molecular flexibility index (Phi) is 1.51. The van der Waals surface area contributed by atoms with E-state index in [0.29, 0.717) is 0 Å². The van der Waals surface area contributed by atoms with Gasteiger partial charge in [-0.3, -0.25) is 0 Å². The van der Waals surface area contributed by atoms with Crippen LogP contribution in [-0.4, -0.2) is 6.29 Å². The maximum absolute atomic E-state index is 10.3. The van der Waals surface area contributed by atoms with E-state index in [1.807, 2.05) is 0 Å². The van der Waals surface area contributed by atoms with Crippen LogP contribution in [0.5, 0.6) is 0 Å². The van der Waals surface area contributed by atoms with E-state index in [4.69, 9.17) is 0 Å². The summed E-state index contributed by atoms with van der Waals surface area (Å²) in [4.78, 5) is 10.3. The first-order valence-electron chi connectivity index (χ1n) is 4.35. The summed E-state index contributed by atoms with van der Waals surface area (Å²) in [6, 6.07) is 0. The van der Waals surface area contributed by atoms with Crippen LogP contribution in [0.3, 0.4) is 0 Å². The van der Waals surface area contributed by atoms with Crippen molar-refractivity contribution in [3.05, 3.63) is 0 Å². The lowest BCUT2D eigenvalue weighted by molar-refractivity contribution is -0.108. The highest BCUT2D eigenvalue weighted by Gasteiger charge is 2.40. The summed E-state index contributed by atoms with van der Waals surface area (Å²) in [7, 11) is 0. The highest BCUT2D eigenvalue weighted by molar-refractivity contribution is 5.50. The fourth-order valence-corrected chi connectivity index (χ4v) is 1.93. The maximum Gasteiger partial charge on any atom is 0.120 e. The third-order valence-corrected chi connectivity index (χ3v) is 2.82. The molecular formula is C9H14O. The molecule has 2 aliphatic rings. The van der Waals surface area contributed by atoms with Gasteiger partial charge in [-0.05, 0) is 43.4 Å². The monoisotopic (exact) mass is 138 g/mol. The summed E-state index contributed by atoms with van der Waals surface area (Å²) in [5.74, 6) is 2.67. The minimum atomic E-state index is 0.789. The van der Waals surface area contributed by atoms with Gasteiger partial charge in [0.2, 0.25) is 0 Å². The number of hydrogen-bond donors (Lipinski definition) is 0. The second-order valence-electron chi connectivity index (χ2n) is 3.74. The molecule has 0 bridgehead atoms. The Bertz CT molecular complexity index is 122. The van der Waals surface area contributed by atoms with Gasteiger partial charge < -0.3 is 4.79 Å². The molecule has 2 fully saturated rings. The van der Waals surface area contributed by atoms with Gasteiger partial charge in [0, 0.05) is 6.42 Å². The average Bonchev–Trinajstić information content (AvgIpc) is 2.77. The first kappa shape index (κ1) is 6.38. The lowest BCUT2D eigenvalue weighted by atomic mass is 9.95. The molecule has 10 heavy (non-hydrogen) atoms. The third-order valence-electron chi connectivity index (χ3n) is 2.82. The van der Waals surface area contributed by atoms with Gasteiger partial charge in [0.05, 0.1) is 0 Å². The van der Waals surface area contributed by atoms with Crippen LogP contribution in [-0.2, 0) is 4.79 Å². The average molecular weight is 138 g/mol. The van der Waals surface area contributed by atoms with Crippen LogP contribution in [0.15, 0.2) is 0 Å². The van der Waals surface area contributed by atoms with Gasteiger partial charge >= 0.3 is 0 Å². The predicted octanol–water partition coefficient (Wildman–Crippen LogP) is 2.01. The zero-order chi connectivity index (χ0) is 6.97. The van der Waals surface area contributed by atoms with Gasteiger partial charge in [0.25, 0.3) is 0 Å². The molecule has 0 N–H and O–H groups in total. The van der Waals surface area contributed by atoms with Crippen molar-refractivity contribution in [2.24, 2.45) is 17.8 Å². The second kappa shape index (κ2) is 2.37. The van der Waals surface area contributed by atoms with Crippen LogP contribution < -0.4 is 0 Å². The predicted molar refractivity (Wildman–Crippen MR) is 39.6 cm³/mol. The van der Waals surface area contributed by atoms with E-state index in [1.54, 1.807) is 0 Å². The lowest BCUT2D eigenvalue weighted by Crippen LogP contribution is -2.05. The molecule has 1 nitrogen and oxygen atoms in total. The number of carbonyl (C=O) groups excluding carboxylic acids is 1. The SMILES string of the molecule is O=CCC(C1CC1)C1CC1. The van der Waals surface area contributed by atoms with E-state index < -0.39 is 0 Å². The van der Waals surface area contributed by atoms with Crippen LogP contribution in [0, 0.1) is 17.8 Å². The molecule has 0 aromatic rings. The second-order valence-corrected chi connectivity index (χ2v) is 3.74. The molecule has 0 aromatic carbocycles. The summed E-state index contributed by atoms with van der Waals surface area (Å²) in [6.07, 6.45) is 7.55. The van der Waals surface area contributed by atoms with Crippen molar-refractivity contribution in [1.82, 2.24) is 0 Å². The molecule has 0 aliphatic heterocycles. The molecule has 1 heteroatoms. The Morgan fingerprint density at radius 3 is 2.00 bits per heavy atom. The van der Waals surface area contributed by atoms with Crippen molar-refractivity contribution in [3.63, 3.8) is 0 Å². The Morgan fingerprint density at radius 2 is 1.70 bits per heavy atom. The molecule has 0 unspecified atom stereocenters. The van der Waals surface area contributed by atoms with Crippen molar-refractivity contribution in [2.45, 2.75) is 32.1 Å². The van der Waals surface area contributed by atoms with Crippen LogP contribution in [0.4, 0.5) is 0 Å². The normalized spacial score (nSPS) is 25.3. The van der Waals surface area contributed by atoms with Crippen molar-refractivity contribution in [3.8, 4) is 0 Å². The lowest BCUT2D eigenvalue weighted by Gasteiger charge is -2.09. The summed E-state index contributed by atoms with van der Waals surface area (Å²) in [6.45, 7) is 0. The molecule has 0 heterocycles. The molecule has 0 amide bonds. The molecule has 0 saturated heterocycles. The van der Waals surface area contributed by atoms with Crippen LogP contribution in [0.1, 0.15) is 32.1 Å². The van der Waals surface area contributed by atoms with Gasteiger partial charge in [-0.1, -0.05) is 0 Å². The largest absolute Gasteiger partial charge is 0.303 e. The summed E-state index contributed by atoms with van der Waals surface area (Å²) in [5.41, 5.74) is 0. The van der Waals surface area contributed by atoms with E-state index in [0.717, 1.165) is 30.5 Å². The molecule has 2 saturated carbocycles. The molecule has 56 valence electrons. The van der Waals surface area contributed by atoms with Gasteiger partial charge in [-0.25, -0.2) is 0 Å². The quantitative estimate of drug-likeness (QED) is 0.543. The molecule has 0 radical (unpaired) electrons. The third kappa shape index (κ3) is 1.23. The fraction of sp³-hybridized carbons (Fsp3) is 0.889. The molecule has 2 rings (SSSR count). The standard InChI is InChI=1S/C9H14O/c10-6-5-9(7-1-2-7)8-3-4-8/h6-9H,1-5H2. The topological polar surface area (TPSA) is 17.1 Å². The smallest absolute Gasteiger partial charge is 0.120 e. The van der Waals surface area contributed by atoms with Crippen LogP contribution >= 0.6 is 0 Å². The van der Waals surface area contributed by atoms with Crippen molar-refractivity contribution in [1.29, 1.82) is 0 Å². The molecule has 2 aliphatic carbocycles. The Balaban J connectivity index is 1.85. The number of aldehydes is 1. The Morgan fingerprint density at radius 1 is 1.20 bits per heavy atom. The van der Waals surface area contributed by atoms with Crippen molar-refractivity contribution in [2.75, 3.05) is 0 Å². The van der Waals surface area contributed by atoms with Gasteiger partial charge in [-0.2, -0.15) is 0 Å². The van der Waals surface area contributed by atoms with E-state index >= 15 is 0 Å². The molecule has 0 spiro atoms. The minimum Gasteiger partial charge on any atom is -0.303 e. The summed E-state index contributed by atoms with van der Waals surface area (Å²) < 4.78 is 0. The Labute approximate surface area is 61.8 Å². The Hall–Kier alpha value is -0.330. The maximum atomic E-state index is 10.3. The zero-order valence-electron chi connectivity index (χ0n) is 6.25.